The number of aliphatic hydroxyl groups is 1. The van der Waals surface area contributed by atoms with Crippen molar-refractivity contribution in [3.63, 3.8) is 0 Å². The van der Waals surface area contributed by atoms with Gasteiger partial charge in [-0.2, -0.15) is 0 Å². The lowest BCUT2D eigenvalue weighted by atomic mass is 10.3. The highest BCUT2D eigenvalue weighted by Crippen LogP contribution is 2.06. The maximum absolute atomic E-state index is 8.57. The van der Waals surface area contributed by atoms with Crippen LogP contribution < -0.4 is 0 Å². The van der Waals surface area contributed by atoms with Gasteiger partial charge in [-0.05, 0) is 26.2 Å². The van der Waals surface area contributed by atoms with Gasteiger partial charge in [0, 0.05) is 20.3 Å². The largest absolute Gasteiger partial charge is 0.396 e. The third-order valence-corrected chi connectivity index (χ3v) is 1.86. The predicted molar refractivity (Wildman–Crippen MR) is 53.9 cm³/mol. The molecule has 2 atom stereocenters. The molecule has 2 unspecified atom stereocenters. The second-order valence-electron chi connectivity index (χ2n) is 3.08. The lowest BCUT2D eigenvalue weighted by molar-refractivity contribution is -0.231. The summed E-state index contributed by atoms with van der Waals surface area (Å²) in [6.07, 6.45) is 1.99. The second-order valence-corrected chi connectivity index (χ2v) is 3.08. The first-order valence-corrected chi connectivity index (χ1v) is 5.15. The summed E-state index contributed by atoms with van der Waals surface area (Å²) in [6.45, 7) is 4.67. The average molecular weight is 206 g/mol. The molecule has 0 aromatic carbocycles. The van der Waals surface area contributed by atoms with E-state index in [0.717, 1.165) is 19.3 Å². The SMILES string of the molecule is CCC(OCCCCO)OC(C)OC. The lowest BCUT2D eigenvalue weighted by Crippen LogP contribution is -2.23. The van der Waals surface area contributed by atoms with Crippen LogP contribution in [-0.4, -0.2) is 38.0 Å². The summed E-state index contributed by atoms with van der Waals surface area (Å²) < 4.78 is 15.8. The van der Waals surface area contributed by atoms with Crippen LogP contribution in [0.1, 0.15) is 33.1 Å². The molecule has 0 aliphatic rings. The summed E-state index contributed by atoms with van der Waals surface area (Å²) in [5.41, 5.74) is 0. The van der Waals surface area contributed by atoms with E-state index in [1.54, 1.807) is 7.11 Å². The minimum atomic E-state index is -0.238. The molecule has 0 spiro atoms. The minimum Gasteiger partial charge on any atom is -0.396 e. The number of aliphatic hydroxyl groups excluding tert-OH is 1. The first-order valence-electron chi connectivity index (χ1n) is 5.15. The van der Waals surface area contributed by atoms with Crippen LogP contribution in [0, 0.1) is 0 Å². The maximum Gasteiger partial charge on any atom is 0.160 e. The summed E-state index contributed by atoms with van der Waals surface area (Å²) in [7, 11) is 1.60. The summed E-state index contributed by atoms with van der Waals surface area (Å²) in [5, 5.41) is 8.57. The molecule has 0 aromatic rings. The fourth-order valence-electron chi connectivity index (χ4n) is 0.951. The molecule has 4 nitrogen and oxygen atoms in total. The van der Waals surface area contributed by atoms with Crippen molar-refractivity contribution >= 4 is 0 Å². The van der Waals surface area contributed by atoms with Crippen LogP contribution in [0.5, 0.6) is 0 Å². The van der Waals surface area contributed by atoms with Crippen LogP contribution in [-0.2, 0) is 14.2 Å². The molecule has 0 heterocycles. The summed E-state index contributed by atoms with van der Waals surface area (Å²) >= 11 is 0. The van der Waals surface area contributed by atoms with E-state index in [1.165, 1.54) is 0 Å². The molecule has 0 saturated carbocycles. The Bertz CT molecular complexity index is 119. The fraction of sp³-hybridized carbons (Fsp3) is 1.00. The van der Waals surface area contributed by atoms with E-state index in [4.69, 9.17) is 19.3 Å². The highest BCUT2D eigenvalue weighted by atomic mass is 16.8. The van der Waals surface area contributed by atoms with Gasteiger partial charge in [0.05, 0.1) is 0 Å². The van der Waals surface area contributed by atoms with E-state index in [1.807, 2.05) is 13.8 Å². The third-order valence-electron chi connectivity index (χ3n) is 1.86. The fourth-order valence-corrected chi connectivity index (χ4v) is 0.951. The minimum absolute atomic E-state index is 0.205. The van der Waals surface area contributed by atoms with Crippen LogP contribution in [0.25, 0.3) is 0 Å². The molecule has 0 amide bonds. The Morgan fingerprint density at radius 3 is 2.50 bits per heavy atom. The van der Waals surface area contributed by atoms with Gasteiger partial charge in [0.15, 0.2) is 12.6 Å². The number of ether oxygens (including phenoxy) is 3. The van der Waals surface area contributed by atoms with Gasteiger partial charge in [0.1, 0.15) is 0 Å². The van der Waals surface area contributed by atoms with Crippen LogP contribution >= 0.6 is 0 Å². The van der Waals surface area contributed by atoms with E-state index >= 15 is 0 Å². The molecule has 0 fully saturated rings. The Labute approximate surface area is 86.2 Å². The Morgan fingerprint density at radius 2 is 2.00 bits per heavy atom. The zero-order valence-electron chi connectivity index (χ0n) is 9.36. The zero-order chi connectivity index (χ0) is 10.8. The molecule has 86 valence electrons. The molecular formula is C10H22O4. The molecule has 0 aromatic heterocycles. The van der Waals surface area contributed by atoms with Crippen molar-refractivity contribution in [2.24, 2.45) is 0 Å². The van der Waals surface area contributed by atoms with Crippen molar-refractivity contribution in [2.75, 3.05) is 20.3 Å². The number of unbranched alkanes of at least 4 members (excludes halogenated alkanes) is 1. The number of hydrogen-bond acceptors (Lipinski definition) is 4. The normalized spacial score (nSPS) is 15.4. The molecule has 0 radical (unpaired) electrons. The second kappa shape index (κ2) is 9.40. The van der Waals surface area contributed by atoms with Crippen molar-refractivity contribution in [1.29, 1.82) is 0 Å². The van der Waals surface area contributed by atoms with E-state index in [0.29, 0.717) is 6.61 Å². The van der Waals surface area contributed by atoms with Crippen molar-refractivity contribution in [3.05, 3.63) is 0 Å². The zero-order valence-corrected chi connectivity index (χ0v) is 9.36. The number of hydrogen-bond donors (Lipinski definition) is 1. The topological polar surface area (TPSA) is 47.9 Å². The van der Waals surface area contributed by atoms with Crippen LogP contribution in [0.3, 0.4) is 0 Å². The highest BCUT2D eigenvalue weighted by molar-refractivity contribution is 4.43. The standard InChI is InChI=1S/C10H22O4/c1-4-10(14-9(2)12-3)13-8-6-5-7-11/h9-11H,4-8H2,1-3H3. The van der Waals surface area contributed by atoms with Crippen molar-refractivity contribution in [2.45, 2.75) is 45.7 Å². The Balaban J connectivity index is 3.47. The van der Waals surface area contributed by atoms with Gasteiger partial charge in [0.25, 0.3) is 0 Å². The quantitative estimate of drug-likeness (QED) is 0.459. The molecule has 0 bridgehead atoms. The van der Waals surface area contributed by atoms with Gasteiger partial charge in [-0.3, -0.25) is 0 Å². The van der Waals surface area contributed by atoms with Gasteiger partial charge < -0.3 is 19.3 Å². The molecule has 14 heavy (non-hydrogen) atoms. The van der Waals surface area contributed by atoms with E-state index in [-0.39, 0.29) is 19.2 Å². The molecule has 1 N–H and O–H groups in total. The Kier molecular flexibility index (Phi) is 9.29. The van der Waals surface area contributed by atoms with Crippen molar-refractivity contribution in [3.8, 4) is 0 Å². The molecular weight excluding hydrogens is 184 g/mol. The van der Waals surface area contributed by atoms with Gasteiger partial charge in [0.2, 0.25) is 0 Å². The van der Waals surface area contributed by atoms with Gasteiger partial charge in [-0.1, -0.05) is 6.92 Å². The Hall–Kier alpha value is -0.160. The monoisotopic (exact) mass is 206 g/mol. The third kappa shape index (κ3) is 7.26. The van der Waals surface area contributed by atoms with Crippen LogP contribution in [0.4, 0.5) is 0 Å². The molecule has 0 aliphatic heterocycles. The van der Waals surface area contributed by atoms with E-state index < -0.39 is 0 Å². The summed E-state index contributed by atoms with van der Waals surface area (Å²) in [5.74, 6) is 0. The lowest BCUT2D eigenvalue weighted by Gasteiger charge is -2.20. The number of rotatable bonds is 9. The van der Waals surface area contributed by atoms with Crippen LogP contribution in [0.15, 0.2) is 0 Å². The van der Waals surface area contributed by atoms with Crippen LogP contribution in [0.2, 0.25) is 0 Å². The van der Waals surface area contributed by atoms with E-state index in [2.05, 4.69) is 0 Å². The summed E-state index contributed by atoms with van der Waals surface area (Å²) in [4.78, 5) is 0. The summed E-state index contributed by atoms with van der Waals surface area (Å²) in [6, 6.07) is 0. The van der Waals surface area contributed by atoms with Crippen molar-refractivity contribution < 1.29 is 19.3 Å². The molecule has 0 aliphatic carbocycles. The first kappa shape index (κ1) is 13.8. The van der Waals surface area contributed by atoms with Crippen molar-refractivity contribution in [1.82, 2.24) is 0 Å². The highest BCUT2D eigenvalue weighted by Gasteiger charge is 2.10. The number of methoxy groups -OCH3 is 1. The molecule has 4 heteroatoms. The Morgan fingerprint density at radius 1 is 1.29 bits per heavy atom. The smallest absolute Gasteiger partial charge is 0.160 e. The van der Waals surface area contributed by atoms with E-state index in [9.17, 15) is 0 Å². The maximum atomic E-state index is 8.57. The predicted octanol–water partition coefficient (Wildman–Crippen LogP) is 1.52. The van der Waals surface area contributed by atoms with Gasteiger partial charge >= 0.3 is 0 Å². The molecule has 0 saturated heterocycles. The van der Waals surface area contributed by atoms with Gasteiger partial charge in [-0.15, -0.1) is 0 Å². The first-order chi connectivity index (χ1) is 6.74. The van der Waals surface area contributed by atoms with Gasteiger partial charge in [-0.25, -0.2) is 0 Å². The average Bonchev–Trinajstić information content (AvgIpc) is 2.22. The molecule has 0 rings (SSSR count).